The van der Waals surface area contributed by atoms with Gasteiger partial charge in [-0.3, -0.25) is 4.79 Å². The lowest BCUT2D eigenvalue weighted by Gasteiger charge is -2.22. The fourth-order valence-electron chi connectivity index (χ4n) is 1.57. The minimum atomic E-state index is -0.554. The summed E-state index contributed by atoms with van der Waals surface area (Å²) < 4.78 is 5.20. The van der Waals surface area contributed by atoms with Gasteiger partial charge < -0.3 is 15.4 Å². The van der Waals surface area contributed by atoms with Gasteiger partial charge in [0.25, 0.3) is 0 Å². The normalized spacial score (nSPS) is 11.2. The maximum Gasteiger partial charge on any atom is 0.239 e. The van der Waals surface area contributed by atoms with E-state index < -0.39 is 5.54 Å². The molecule has 0 heterocycles. The van der Waals surface area contributed by atoms with Crippen LogP contribution in [0.25, 0.3) is 0 Å². The minimum Gasteiger partial charge on any atom is -0.496 e. The first-order chi connectivity index (χ1) is 8.40. The standard InChI is InChI=1S/C14H22N2O2/c1-10-8-11(6-7-12(10)18-5)9-16-13(17)14(2,3)15-4/h6-8,15H,9H2,1-5H3,(H,16,17). The highest BCUT2D eigenvalue weighted by atomic mass is 16.5. The van der Waals surface area contributed by atoms with Crippen molar-refractivity contribution in [2.75, 3.05) is 14.2 Å². The van der Waals surface area contributed by atoms with E-state index in [0.29, 0.717) is 6.54 Å². The first kappa shape index (κ1) is 14.5. The molecule has 1 aromatic carbocycles. The second kappa shape index (κ2) is 5.87. The van der Waals surface area contributed by atoms with Crippen molar-refractivity contribution in [3.8, 4) is 5.75 Å². The number of ether oxygens (including phenoxy) is 1. The molecule has 4 heteroatoms. The molecule has 0 saturated heterocycles. The number of amides is 1. The lowest BCUT2D eigenvalue weighted by Crippen LogP contribution is -2.50. The number of benzene rings is 1. The summed E-state index contributed by atoms with van der Waals surface area (Å²) >= 11 is 0. The third-order valence-corrected chi connectivity index (χ3v) is 3.10. The molecule has 100 valence electrons. The van der Waals surface area contributed by atoms with Gasteiger partial charge in [-0.05, 0) is 45.0 Å². The first-order valence-corrected chi connectivity index (χ1v) is 6.01. The molecule has 0 bridgehead atoms. The highest BCUT2D eigenvalue weighted by Gasteiger charge is 2.24. The van der Waals surface area contributed by atoms with Gasteiger partial charge >= 0.3 is 0 Å². The highest BCUT2D eigenvalue weighted by Crippen LogP contribution is 2.18. The van der Waals surface area contributed by atoms with Crippen LogP contribution in [0, 0.1) is 6.92 Å². The van der Waals surface area contributed by atoms with Crippen LogP contribution in [0.1, 0.15) is 25.0 Å². The number of hydrogen-bond donors (Lipinski definition) is 2. The molecule has 0 aromatic heterocycles. The Morgan fingerprint density at radius 2 is 2.06 bits per heavy atom. The Balaban J connectivity index is 2.64. The molecule has 18 heavy (non-hydrogen) atoms. The van der Waals surface area contributed by atoms with Gasteiger partial charge in [-0.1, -0.05) is 12.1 Å². The summed E-state index contributed by atoms with van der Waals surface area (Å²) in [6.45, 7) is 6.21. The number of hydrogen-bond acceptors (Lipinski definition) is 3. The zero-order valence-corrected chi connectivity index (χ0v) is 11.8. The number of likely N-dealkylation sites (N-methyl/N-ethyl adjacent to an activating group) is 1. The smallest absolute Gasteiger partial charge is 0.239 e. The Labute approximate surface area is 109 Å². The zero-order chi connectivity index (χ0) is 13.8. The maximum atomic E-state index is 11.9. The molecule has 1 rings (SSSR count). The predicted molar refractivity (Wildman–Crippen MR) is 72.7 cm³/mol. The van der Waals surface area contributed by atoms with Crippen molar-refractivity contribution in [2.24, 2.45) is 0 Å². The summed E-state index contributed by atoms with van der Waals surface area (Å²) in [5.74, 6) is 0.846. The van der Waals surface area contributed by atoms with E-state index in [0.717, 1.165) is 16.9 Å². The fourth-order valence-corrected chi connectivity index (χ4v) is 1.57. The second-order valence-electron chi connectivity index (χ2n) is 4.86. The number of nitrogens with one attached hydrogen (secondary N) is 2. The van der Waals surface area contributed by atoms with E-state index >= 15 is 0 Å². The van der Waals surface area contributed by atoms with Gasteiger partial charge in [0, 0.05) is 6.54 Å². The van der Waals surface area contributed by atoms with Crippen LogP contribution in [0.4, 0.5) is 0 Å². The summed E-state index contributed by atoms with van der Waals surface area (Å²) in [6.07, 6.45) is 0. The SMILES string of the molecule is CNC(C)(C)C(=O)NCc1ccc(OC)c(C)c1. The van der Waals surface area contributed by atoms with Crippen molar-refractivity contribution in [1.29, 1.82) is 0 Å². The number of aryl methyl sites for hydroxylation is 1. The van der Waals surface area contributed by atoms with Gasteiger partial charge in [0.1, 0.15) is 5.75 Å². The van der Waals surface area contributed by atoms with E-state index in [2.05, 4.69) is 10.6 Å². The topological polar surface area (TPSA) is 50.4 Å². The Kier molecular flexibility index (Phi) is 4.73. The van der Waals surface area contributed by atoms with Crippen LogP contribution in [0.15, 0.2) is 18.2 Å². The van der Waals surface area contributed by atoms with Gasteiger partial charge in [-0.2, -0.15) is 0 Å². The highest BCUT2D eigenvalue weighted by molar-refractivity contribution is 5.85. The van der Waals surface area contributed by atoms with Gasteiger partial charge in [0.05, 0.1) is 12.6 Å². The third kappa shape index (κ3) is 3.47. The summed E-state index contributed by atoms with van der Waals surface area (Å²) in [4.78, 5) is 11.9. The molecule has 0 aliphatic carbocycles. The molecule has 0 aliphatic heterocycles. The van der Waals surface area contributed by atoms with Crippen molar-refractivity contribution in [3.05, 3.63) is 29.3 Å². The molecular weight excluding hydrogens is 228 g/mol. The van der Waals surface area contributed by atoms with Gasteiger partial charge in [0.2, 0.25) is 5.91 Å². The molecule has 0 spiro atoms. The molecule has 0 saturated carbocycles. The van der Waals surface area contributed by atoms with E-state index in [1.165, 1.54) is 0 Å². The number of rotatable bonds is 5. The Morgan fingerprint density at radius 3 is 2.56 bits per heavy atom. The minimum absolute atomic E-state index is 0.0153. The van der Waals surface area contributed by atoms with Crippen molar-refractivity contribution in [1.82, 2.24) is 10.6 Å². The lowest BCUT2D eigenvalue weighted by atomic mass is 10.0. The van der Waals surface area contributed by atoms with Crippen LogP contribution in [0.3, 0.4) is 0 Å². The summed E-state index contributed by atoms with van der Waals surface area (Å²) in [6, 6.07) is 5.89. The number of carbonyl (C=O) groups excluding carboxylic acids is 1. The molecule has 1 amide bonds. The van der Waals surface area contributed by atoms with Crippen LogP contribution in [0.2, 0.25) is 0 Å². The average molecular weight is 250 g/mol. The fraction of sp³-hybridized carbons (Fsp3) is 0.500. The third-order valence-electron chi connectivity index (χ3n) is 3.10. The quantitative estimate of drug-likeness (QED) is 0.835. The molecule has 0 radical (unpaired) electrons. The molecule has 0 unspecified atom stereocenters. The van der Waals surface area contributed by atoms with Crippen LogP contribution >= 0.6 is 0 Å². The van der Waals surface area contributed by atoms with Gasteiger partial charge in [-0.15, -0.1) is 0 Å². The van der Waals surface area contributed by atoms with Crippen LogP contribution in [0.5, 0.6) is 5.75 Å². The zero-order valence-electron chi connectivity index (χ0n) is 11.8. The molecule has 1 aromatic rings. The maximum absolute atomic E-state index is 11.9. The van der Waals surface area contributed by atoms with E-state index in [9.17, 15) is 4.79 Å². The largest absolute Gasteiger partial charge is 0.496 e. The monoisotopic (exact) mass is 250 g/mol. The van der Waals surface area contributed by atoms with E-state index in [1.807, 2.05) is 39.0 Å². The molecule has 2 N–H and O–H groups in total. The van der Waals surface area contributed by atoms with Crippen LogP contribution in [-0.4, -0.2) is 25.6 Å². The van der Waals surface area contributed by atoms with Gasteiger partial charge in [0.15, 0.2) is 0 Å². The van der Waals surface area contributed by atoms with E-state index in [-0.39, 0.29) is 5.91 Å². The molecular formula is C14H22N2O2. The van der Waals surface area contributed by atoms with E-state index in [4.69, 9.17) is 4.74 Å². The van der Waals surface area contributed by atoms with Crippen molar-refractivity contribution >= 4 is 5.91 Å². The molecule has 0 aliphatic rings. The molecule has 0 fully saturated rings. The van der Waals surface area contributed by atoms with Crippen molar-refractivity contribution < 1.29 is 9.53 Å². The van der Waals surface area contributed by atoms with Crippen LogP contribution < -0.4 is 15.4 Å². The number of methoxy groups -OCH3 is 1. The number of carbonyl (C=O) groups is 1. The van der Waals surface area contributed by atoms with Crippen LogP contribution in [-0.2, 0) is 11.3 Å². The molecule has 0 atom stereocenters. The Morgan fingerprint density at radius 1 is 1.39 bits per heavy atom. The van der Waals surface area contributed by atoms with E-state index in [1.54, 1.807) is 14.2 Å². The predicted octanol–water partition coefficient (Wildman–Crippen LogP) is 1.62. The first-order valence-electron chi connectivity index (χ1n) is 6.01. The van der Waals surface area contributed by atoms with Crippen molar-refractivity contribution in [3.63, 3.8) is 0 Å². The Hall–Kier alpha value is -1.55. The molecule has 4 nitrogen and oxygen atoms in total. The van der Waals surface area contributed by atoms with Gasteiger partial charge in [-0.25, -0.2) is 0 Å². The average Bonchev–Trinajstić information content (AvgIpc) is 2.36. The lowest BCUT2D eigenvalue weighted by molar-refractivity contribution is -0.126. The summed E-state index contributed by atoms with van der Waals surface area (Å²) in [7, 11) is 3.43. The van der Waals surface area contributed by atoms with Crippen molar-refractivity contribution in [2.45, 2.75) is 32.9 Å². The second-order valence-corrected chi connectivity index (χ2v) is 4.86. The Bertz CT molecular complexity index is 428. The summed E-state index contributed by atoms with van der Waals surface area (Å²) in [5.41, 5.74) is 1.58. The summed E-state index contributed by atoms with van der Waals surface area (Å²) in [5, 5.41) is 5.89.